The third kappa shape index (κ3) is 3.24. The van der Waals surface area contributed by atoms with Crippen LogP contribution in [-0.4, -0.2) is 41.0 Å². The van der Waals surface area contributed by atoms with Gasteiger partial charge in [0.05, 0.1) is 11.5 Å². The van der Waals surface area contributed by atoms with Crippen molar-refractivity contribution in [1.82, 2.24) is 4.90 Å². The maximum atomic E-state index is 12.4. The van der Waals surface area contributed by atoms with Crippen molar-refractivity contribution in [3.63, 3.8) is 0 Å². The molecule has 114 valence electrons. The summed E-state index contributed by atoms with van der Waals surface area (Å²) < 4.78 is 0. The van der Waals surface area contributed by atoms with E-state index in [1.807, 2.05) is 37.3 Å². The number of carboxylic acid groups (broad SMARTS) is 1. The second kappa shape index (κ2) is 6.26. The molecule has 2 rings (SSSR count). The van der Waals surface area contributed by atoms with Gasteiger partial charge in [-0.3, -0.25) is 9.59 Å². The molecule has 1 saturated heterocycles. The van der Waals surface area contributed by atoms with Crippen molar-refractivity contribution in [3.05, 3.63) is 35.9 Å². The van der Waals surface area contributed by atoms with Crippen LogP contribution in [-0.2, 0) is 16.0 Å². The molecule has 0 aromatic heterocycles. The second-order valence-electron chi connectivity index (χ2n) is 5.75. The summed E-state index contributed by atoms with van der Waals surface area (Å²) in [4.78, 5) is 25.4. The van der Waals surface area contributed by atoms with Crippen LogP contribution < -0.4 is 5.73 Å². The normalized spacial score (nSPS) is 23.0. The number of rotatable bonds is 5. The van der Waals surface area contributed by atoms with Gasteiger partial charge in [0.1, 0.15) is 0 Å². The summed E-state index contributed by atoms with van der Waals surface area (Å²) >= 11 is 0. The predicted octanol–water partition coefficient (Wildman–Crippen LogP) is 1.27. The maximum absolute atomic E-state index is 12.4. The number of hydrogen-bond acceptors (Lipinski definition) is 3. The van der Waals surface area contributed by atoms with E-state index in [4.69, 9.17) is 5.73 Å². The minimum Gasteiger partial charge on any atom is -0.481 e. The first kappa shape index (κ1) is 15.5. The molecule has 2 atom stereocenters. The van der Waals surface area contributed by atoms with Crippen molar-refractivity contribution in [2.24, 2.45) is 11.1 Å². The molecule has 1 aromatic carbocycles. The second-order valence-corrected chi connectivity index (χ2v) is 5.75. The number of amides is 1. The molecule has 1 amide bonds. The molecule has 1 fully saturated rings. The van der Waals surface area contributed by atoms with Crippen molar-refractivity contribution in [2.45, 2.75) is 32.2 Å². The molecule has 1 aliphatic rings. The largest absolute Gasteiger partial charge is 0.481 e. The Labute approximate surface area is 124 Å². The molecule has 0 aliphatic carbocycles. The highest BCUT2D eigenvalue weighted by Gasteiger charge is 2.45. The fourth-order valence-corrected chi connectivity index (χ4v) is 2.86. The van der Waals surface area contributed by atoms with Crippen LogP contribution >= 0.6 is 0 Å². The smallest absolute Gasteiger partial charge is 0.311 e. The molecule has 5 heteroatoms. The first-order chi connectivity index (χ1) is 9.98. The number of nitrogens with two attached hydrogens (primary N) is 1. The standard InChI is InChI=1S/C16H22N2O3/c1-2-16(15(20)21)8-9-18(11-16)14(19)13(17)10-12-6-4-3-5-7-12/h3-7,13H,2,8-11,17H2,1H3,(H,20,21). The Balaban J connectivity index is 1.99. The number of nitrogens with zero attached hydrogens (tertiary/aromatic N) is 1. The summed E-state index contributed by atoms with van der Waals surface area (Å²) in [6.45, 7) is 2.59. The molecule has 0 saturated carbocycles. The van der Waals surface area contributed by atoms with Crippen molar-refractivity contribution in [3.8, 4) is 0 Å². The summed E-state index contributed by atoms with van der Waals surface area (Å²) in [6, 6.07) is 8.99. The zero-order valence-electron chi connectivity index (χ0n) is 12.3. The molecule has 2 unspecified atom stereocenters. The monoisotopic (exact) mass is 290 g/mol. The lowest BCUT2D eigenvalue weighted by atomic mass is 9.84. The number of hydrogen-bond donors (Lipinski definition) is 2. The zero-order chi connectivity index (χ0) is 15.5. The van der Waals surface area contributed by atoms with Crippen molar-refractivity contribution < 1.29 is 14.7 Å². The quantitative estimate of drug-likeness (QED) is 0.855. The number of carboxylic acids is 1. The van der Waals surface area contributed by atoms with Crippen LogP contribution in [0.4, 0.5) is 0 Å². The van der Waals surface area contributed by atoms with E-state index in [2.05, 4.69) is 0 Å². The molecule has 0 radical (unpaired) electrons. The highest BCUT2D eigenvalue weighted by Crippen LogP contribution is 2.34. The van der Waals surface area contributed by atoms with E-state index in [1.54, 1.807) is 4.90 Å². The molecule has 1 aliphatic heterocycles. The van der Waals surface area contributed by atoms with Crippen LogP contribution in [0.3, 0.4) is 0 Å². The van der Waals surface area contributed by atoms with Gasteiger partial charge in [-0.1, -0.05) is 37.3 Å². The number of likely N-dealkylation sites (tertiary alicyclic amines) is 1. The molecule has 0 spiro atoms. The zero-order valence-corrected chi connectivity index (χ0v) is 12.3. The predicted molar refractivity (Wildman–Crippen MR) is 79.7 cm³/mol. The van der Waals surface area contributed by atoms with Crippen molar-refractivity contribution in [2.75, 3.05) is 13.1 Å². The van der Waals surface area contributed by atoms with E-state index in [1.165, 1.54) is 0 Å². The first-order valence-corrected chi connectivity index (χ1v) is 7.30. The van der Waals surface area contributed by atoms with Gasteiger partial charge >= 0.3 is 5.97 Å². The first-order valence-electron chi connectivity index (χ1n) is 7.30. The molecule has 0 bridgehead atoms. The minimum absolute atomic E-state index is 0.157. The molecule has 21 heavy (non-hydrogen) atoms. The Morgan fingerprint density at radius 3 is 2.57 bits per heavy atom. The molecular formula is C16H22N2O3. The van der Waals surface area contributed by atoms with Gasteiger partial charge in [0, 0.05) is 13.1 Å². The van der Waals surface area contributed by atoms with E-state index in [9.17, 15) is 14.7 Å². The number of carbonyl (C=O) groups excluding carboxylic acids is 1. The average molecular weight is 290 g/mol. The third-order valence-electron chi connectivity index (χ3n) is 4.41. The summed E-state index contributed by atoms with van der Waals surface area (Å²) in [5.74, 6) is -0.979. The highest BCUT2D eigenvalue weighted by molar-refractivity contribution is 5.84. The van der Waals surface area contributed by atoms with E-state index in [0.29, 0.717) is 25.8 Å². The fourth-order valence-electron chi connectivity index (χ4n) is 2.86. The topological polar surface area (TPSA) is 83.6 Å². The highest BCUT2D eigenvalue weighted by atomic mass is 16.4. The van der Waals surface area contributed by atoms with Gasteiger partial charge < -0.3 is 15.7 Å². The Hall–Kier alpha value is -1.88. The van der Waals surface area contributed by atoms with Crippen LogP contribution in [0, 0.1) is 5.41 Å². The van der Waals surface area contributed by atoms with Gasteiger partial charge in [0.25, 0.3) is 0 Å². The van der Waals surface area contributed by atoms with Gasteiger partial charge in [-0.25, -0.2) is 0 Å². The van der Waals surface area contributed by atoms with Gasteiger partial charge in [-0.05, 0) is 24.8 Å². The van der Waals surface area contributed by atoms with Gasteiger partial charge in [-0.15, -0.1) is 0 Å². The maximum Gasteiger partial charge on any atom is 0.311 e. The number of aliphatic carboxylic acids is 1. The average Bonchev–Trinajstić information content (AvgIpc) is 2.93. The van der Waals surface area contributed by atoms with E-state index in [-0.39, 0.29) is 12.5 Å². The van der Waals surface area contributed by atoms with E-state index < -0.39 is 17.4 Å². The summed E-state index contributed by atoms with van der Waals surface area (Å²) in [7, 11) is 0. The van der Waals surface area contributed by atoms with Crippen molar-refractivity contribution >= 4 is 11.9 Å². The summed E-state index contributed by atoms with van der Waals surface area (Å²) in [6.07, 6.45) is 1.50. The van der Waals surface area contributed by atoms with Gasteiger partial charge in [-0.2, -0.15) is 0 Å². The lowest BCUT2D eigenvalue weighted by molar-refractivity contribution is -0.148. The Morgan fingerprint density at radius 1 is 1.38 bits per heavy atom. The Bertz CT molecular complexity index is 518. The Morgan fingerprint density at radius 2 is 2.05 bits per heavy atom. The summed E-state index contributed by atoms with van der Waals surface area (Å²) in [5.41, 5.74) is 6.20. The van der Waals surface area contributed by atoms with Crippen LogP contribution in [0.25, 0.3) is 0 Å². The van der Waals surface area contributed by atoms with Gasteiger partial charge in [0.15, 0.2) is 0 Å². The minimum atomic E-state index is -0.822. The van der Waals surface area contributed by atoms with E-state index >= 15 is 0 Å². The molecular weight excluding hydrogens is 268 g/mol. The van der Waals surface area contributed by atoms with Crippen LogP contribution in [0.15, 0.2) is 30.3 Å². The Kier molecular flexibility index (Phi) is 4.63. The third-order valence-corrected chi connectivity index (χ3v) is 4.41. The molecule has 3 N–H and O–H groups in total. The molecule has 5 nitrogen and oxygen atoms in total. The fraction of sp³-hybridized carbons (Fsp3) is 0.500. The summed E-state index contributed by atoms with van der Waals surface area (Å²) in [5, 5.41) is 9.37. The van der Waals surface area contributed by atoms with Crippen LogP contribution in [0.1, 0.15) is 25.3 Å². The number of carbonyl (C=O) groups is 2. The lowest BCUT2D eigenvalue weighted by Gasteiger charge is -2.25. The number of benzene rings is 1. The van der Waals surface area contributed by atoms with Crippen LogP contribution in [0.5, 0.6) is 0 Å². The molecule has 1 aromatic rings. The van der Waals surface area contributed by atoms with Crippen LogP contribution in [0.2, 0.25) is 0 Å². The van der Waals surface area contributed by atoms with Gasteiger partial charge in [0.2, 0.25) is 5.91 Å². The SMILES string of the molecule is CCC1(C(=O)O)CCN(C(=O)C(N)Cc2ccccc2)C1. The van der Waals surface area contributed by atoms with E-state index in [0.717, 1.165) is 5.56 Å². The van der Waals surface area contributed by atoms with Crippen molar-refractivity contribution in [1.29, 1.82) is 0 Å². The molecule has 1 heterocycles. The lowest BCUT2D eigenvalue weighted by Crippen LogP contribution is -2.45.